The van der Waals surface area contributed by atoms with Gasteiger partial charge >= 0.3 is 0 Å². The molecule has 0 aliphatic rings. The van der Waals surface area contributed by atoms with Gasteiger partial charge in [-0.2, -0.15) is 5.26 Å². The zero-order valence-corrected chi connectivity index (χ0v) is 8.83. The van der Waals surface area contributed by atoms with E-state index in [0.717, 1.165) is 12.0 Å². The molecule has 1 aromatic carbocycles. The predicted molar refractivity (Wildman–Crippen MR) is 57.5 cm³/mol. The molecule has 1 unspecified atom stereocenters. The summed E-state index contributed by atoms with van der Waals surface area (Å²) < 4.78 is 12.8. The van der Waals surface area contributed by atoms with Crippen molar-refractivity contribution >= 4 is 0 Å². The number of benzene rings is 1. The molecular weight excluding hydrogens is 191 g/mol. The third-order valence-electron chi connectivity index (χ3n) is 2.31. The van der Waals surface area contributed by atoms with Crippen LogP contribution in [0.5, 0.6) is 0 Å². The second kappa shape index (κ2) is 6.15. The van der Waals surface area contributed by atoms with E-state index in [-0.39, 0.29) is 11.9 Å². The van der Waals surface area contributed by atoms with Gasteiger partial charge in [-0.05, 0) is 24.1 Å². The van der Waals surface area contributed by atoms with Crippen molar-refractivity contribution < 1.29 is 4.39 Å². The van der Waals surface area contributed by atoms with E-state index in [4.69, 9.17) is 5.26 Å². The van der Waals surface area contributed by atoms with Gasteiger partial charge in [-0.3, -0.25) is 0 Å². The SMILES string of the molecule is CCC(CC#N)NCc1cccc(F)c1. The molecule has 0 amide bonds. The molecule has 1 N–H and O–H groups in total. The summed E-state index contributed by atoms with van der Waals surface area (Å²) >= 11 is 0. The molecule has 0 aromatic heterocycles. The Morgan fingerprint density at radius 1 is 1.53 bits per heavy atom. The Hall–Kier alpha value is -1.40. The lowest BCUT2D eigenvalue weighted by Gasteiger charge is -2.13. The first-order valence-corrected chi connectivity index (χ1v) is 5.11. The Morgan fingerprint density at radius 3 is 2.93 bits per heavy atom. The van der Waals surface area contributed by atoms with Gasteiger partial charge in [-0.1, -0.05) is 19.1 Å². The first-order valence-electron chi connectivity index (χ1n) is 5.11. The van der Waals surface area contributed by atoms with E-state index in [1.165, 1.54) is 12.1 Å². The number of rotatable bonds is 5. The van der Waals surface area contributed by atoms with Gasteiger partial charge in [0.25, 0.3) is 0 Å². The molecule has 0 heterocycles. The van der Waals surface area contributed by atoms with Crippen LogP contribution in [-0.4, -0.2) is 6.04 Å². The van der Waals surface area contributed by atoms with Crippen LogP contribution in [0.2, 0.25) is 0 Å². The highest BCUT2D eigenvalue weighted by Crippen LogP contribution is 2.04. The van der Waals surface area contributed by atoms with Crippen molar-refractivity contribution in [3.05, 3.63) is 35.6 Å². The molecule has 0 spiro atoms. The minimum absolute atomic E-state index is 0.193. The van der Waals surface area contributed by atoms with E-state index >= 15 is 0 Å². The summed E-state index contributed by atoms with van der Waals surface area (Å²) in [5, 5.41) is 11.8. The number of nitrogens with zero attached hydrogens (tertiary/aromatic N) is 1. The Bertz CT molecular complexity index is 344. The van der Waals surface area contributed by atoms with Crippen molar-refractivity contribution in [2.24, 2.45) is 0 Å². The van der Waals surface area contributed by atoms with Crippen LogP contribution in [0.1, 0.15) is 25.3 Å². The number of nitriles is 1. The molecule has 1 aromatic rings. The monoisotopic (exact) mass is 206 g/mol. The van der Waals surface area contributed by atoms with Crippen LogP contribution in [0.25, 0.3) is 0 Å². The van der Waals surface area contributed by atoms with Gasteiger partial charge in [0.05, 0.1) is 12.5 Å². The minimum Gasteiger partial charge on any atom is -0.309 e. The van der Waals surface area contributed by atoms with E-state index in [0.29, 0.717) is 13.0 Å². The largest absolute Gasteiger partial charge is 0.309 e. The Balaban J connectivity index is 2.46. The van der Waals surface area contributed by atoms with Gasteiger partial charge in [0.2, 0.25) is 0 Å². The third kappa shape index (κ3) is 4.09. The molecule has 0 saturated carbocycles. The topological polar surface area (TPSA) is 35.8 Å². The van der Waals surface area contributed by atoms with Gasteiger partial charge in [0, 0.05) is 12.6 Å². The summed E-state index contributed by atoms with van der Waals surface area (Å²) in [5.74, 6) is -0.220. The number of hydrogen-bond acceptors (Lipinski definition) is 2. The first kappa shape index (κ1) is 11.7. The van der Waals surface area contributed by atoms with Gasteiger partial charge in [0.15, 0.2) is 0 Å². The van der Waals surface area contributed by atoms with Gasteiger partial charge in [0.1, 0.15) is 5.82 Å². The fraction of sp³-hybridized carbons (Fsp3) is 0.417. The van der Waals surface area contributed by atoms with Crippen molar-refractivity contribution in [2.75, 3.05) is 0 Å². The summed E-state index contributed by atoms with van der Waals surface area (Å²) in [5.41, 5.74) is 0.909. The standard InChI is InChI=1S/C12H15FN2/c1-2-12(6-7-14)15-9-10-4-3-5-11(13)8-10/h3-5,8,12,15H,2,6,9H2,1H3. The van der Waals surface area contributed by atoms with Gasteiger partial charge < -0.3 is 5.32 Å². The Kier molecular flexibility index (Phi) is 4.79. The van der Waals surface area contributed by atoms with E-state index in [2.05, 4.69) is 11.4 Å². The van der Waals surface area contributed by atoms with Gasteiger partial charge in [-0.25, -0.2) is 4.39 Å². The Labute approximate surface area is 89.7 Å². The van der Waals surface area contributed by atoms with E-state index in [1.54, 1.807) is 6.07 Å². The molecule has 0 saturated heterocycles. The zero-order chi connectivity index (χ0) is 11.1. The highest BCUT2D eigenvalue weighted by Gasteiger charge is 2.04. The summed E-state index contributed by atoms with van der Waals surface area (Å²) in [6, 6.07) is 8.82. The van der Waals surface area contributed by atoms with Crippen LogP contribution in [0.4, 0.5) is 4.39 Å². The van der Waals surface area contributed by atoms with Crippen molar-refractivity contribution in [3.8, 4) is 6.07 Å². The Morgan fingerprint density at radius 2 is 2.33 bits per heavy atom. The lowest BCUT2D eigenvalue weighted by molar-refractivity contribution is 0.503. The maximum absolute atomic E-state index is 12.8. The van der Waals surface area contributed by atoms with Crippen LogP contribution in [0.3, 0.4) is 0 Å². The molecule has 0 fully saturated rings. The summed E-state index contributed by atoms with van der Waals surface area (Å²) in [4.78, 5) is 0. The molecule has 1 atom stereocenters. The summed E-state index contributed by atoms with van der Waals surface area (Å²) in [6.45, 7) is 2.64. The van der Waals surface area contributed by atoms with Crippen LogP contribution in [-0.2, 0) is 6.54 Å². The fourth-order valence-corrected chi connectivity index (χ4v) is 1.38. The summed E-state index contributed by atoms with van der Waals surface area (Å²) in [7, 11) is 0. The maximum Gasteiger partial charge on any atom is 0.123 e. The molecule has 3 heteroatoms. The van der Waals surface area contributed by atoms with Crippen LogP contribution in [0, 0.1) is 17.1 Å². The van der Waals surface area contributed by atoms with E-state index in [9.17, 15) is 4.39 Å². The second-order valence-corrected chi connectivity index (χ2v) is 3.48. The quantitative estimate of drug-likeness (QED) is 0.803. The van der Waals surface area contributed by atoms with E-state index in [1.807, 2.05) is 13.0 Å². The molecule has 1 rings (SSSR count). The number of halogens is 1. The lowest BCUT2D eigenvalue weighted by Crippen LogP contribution is -2.27. The zero-order valence-electron chi connectivity index (χ0n) is 8.83. The van der Waals surface area contributed by atoms with Crippen LogP contribution in [0.15, 0.2) is 24.3 Å². The average molecular weight is 206 g/mol. The molecule has 15 heavy (non-hydrogen) atoms. The fourth-order valence-electron chi connectivity index (χ4n) is 1.38. The van der Waals surface area contributed by atoms with Crippen molar-refractivity contribution in [1.82, 2.24) is 5.32 Å². The van der Waals surface area contributed by atoms with Crippen molar-refractivity contribution in [3.63, 3.8) is 0 Å². The molecule has 80 valence electrons. The lowest BCUT2D eigenvalue weighted by atomic mass is 10.1. The number of hydrogen-bond donors (Lipinski definition) is 1. The maximum atomic E-state index is 12.8. The normalized spacial score (nSPS) is 12.1. The highest BCUT2D eigenvalue weighted by atomic mass is 19.1. The first-order chi connectivity index (χ1) is 7.26. The third-order valence-corrected chi connectivity index (χ3v) is 2.31. The number of nitrogens with one attached hydrogen (secondary N) is 1. The molecule has 0 aliphatic heterocycles. The smallest absolute Gasteiger partial charge is 0.123 e. The molecule has 0 radical (unpaired) electrons. The van der Waals surface area contributed by atoms with Crippen LogP contribution >= 0.6 is 0 Å². The van der Waals surface area contributed by atoms with Gasteiger partial charge in [-0.15, -0.1) is 0 Å². The highest BCUT2D eigenvalue weighted by molar-refractivity contribution is 5.16. The van der Waals surface area contributed by atoms with E-state index < -0.39 is 0 Å². The molecular formula is C12H15FN2. The summed E-state index contributed by atoms with van der Waals surface area (Å²) in [6.07, 6.45) is 1.40. The molecule has 2 nitrogen and oxygen atoms in total. The van der Waals surface area contributed by atoms with Crippen molar-refractivity contribution in [1.29, 1.82) is 5.26 Å². The predicted octanol–water partition coefficient (Wildman–Crippen LogP) is 2.61. The molecule has 0 aliphatic carbocycles. The second-order valence-electron chi connectivity index (χ2n) is 3.48. The molecule has 0 bridgehead atoms. The average Bonchev–Trinajstić information content (AvgIpc) is 2.24. The minimum atomic E-state index is -0.220. The van der Waals surface area contributed by atoms with Crippen molar-refractivity contribution in [2.45, 2.75) is 32.4 Å². The van der Waals surface area contributed by atoms with Crippen LogP contribution < -0.4 is 5.32 Å².